The van der Waals surface area contributed by atoms with Crippen molar-refractivity contribution in [2.24, 2.45) is 0 Å². The molecule has 0 bridgehead atoms. The molecule has 136 valence electrons. The zero-order chi connectivity index (χ0) is 18.8. The summed E-state index contributed by atoms with van der Waals surface area (Å²) in [5, 5.41) is 2.18. The molecule has 0 aliphatic carbocycles. The van der Waals surface area contributed by atoms with Crippen LogP contribution in [0.3, 0.4) is 0 Å². The van der Waals surface area contributed by atoms with Crippen LogP contribution in [-0.2, 0) is 9.59 Å². The molecule has 2 heterocycles. The number of amides is 3. The smallest absolute Gasteiger partial charge is 0.294 e. The molecule has 0 unspecified atom stereocenters. The quantitative estimate of drug-likeness (QED) is 0.818. The van der Waals surface area contributed by atoms with E-state index in [2.05, 4.69) is 5.32 Å². The number of carbonyl (C=O) groups is 3. The minimum absolute atomic E-state index is 0.159. The van der Waals surface area contributed by atoms with E-state index < -0.39 is 17.1 Å². The summed E-state index contributed by atoms with van der Waals surface area (Å²) in [5.41, 5.74) is 1.31. The Morgan fingerprint density at radius 2 is 1.89 bits per heavy atom. The molecule has 2 aliphatic heterocycles. The number of benzene rings is 2. The topological polar surface area (TPSA) is 84.9 Å². The van der Waals surface area contributed by atoms with E-state index in [9.17, 15) is 14.4 Å². The Hall–Kier alpha value is -3.26. The summed E-state index contributed by atoms with van der Waals surface area (Å²) in [6.45, 7) is -0.177. The molecule has 4 rings (SSSR count). The van der Waals surface area contributed by atoms with Gasteiger partial charge in [-0.15, -0.1) is 0 Å². The summed E-state index contributed by atoms with van der Waals surface area (Å²) >= 11 is 0.805. The van der Waals surface area contributed by atoms with E-state index >= 15 is 0 Å². The number of nitrogens with zero attached hydrogens (tertiary/aromatic N) is 1. The number of ether oxygens (including phenoxy) is 2. The van der Waals surface area contributed by atoms with Crippen molar-refractivity contribution in [2.45, 2.75) is 0 Å². The van der Waals surface area contributed by atoms with Crippen molar-refractivity contribution in [3.8, 4) is 11.5 Å². The average Bonchev–Trinajstić information content (AvgIpc) is 3.22. The number of thioether (sulfide) groups is 1. The van der Waals surface area contributed by atoms with Gasteiger partial charge < -0.3 is 14.8 Å². The third-order valence-electron chi connectivity index (χ3n) is 3.93. The Kier molecular flexibility index (Phi) is 4.55. The Labute approximate surface area is 158 Å². The summed E-state index contributed by atoms with van der Waals surface area (Å²) in [6.07, 6.45) is 1.60. The number of hydrogen-bond donors (Lipinski definition) is 1. The van der Waals surface area contributed by atoms with Crippen molar-refractivity contribution < 1.29 is 23.9 Å². The molecule has 0 spiro atoms. The highest BCUT2D eigenvalue weighted by Gasteiger charge is 2.36. The van der Waals surface area contributed by atoms with E-state index in [1.165, 1.54) is 0 Å². The normalized spacial score (nSPS) is 16.9. The number of rotatable bonds is 4. The molecular formula is C19H14N2O5S. The Morgan fingerprint density at radius 1 is 1.11 bits per heavy atom. The molecule has 0 saturated carbocycles. The Morgan fingerprint density at radius 3 is 2.70 bits per heavy atom. The Balaban J connectivity index is 1.46. The van der Waals surface area contributed by atoms with Crippen molar-refractivity contribution in [1.82, 2.24) is 4.90 Å². The van der Waals surface area contributed by atoms with Crippen molar-refractivity contribution >= 4 is 40.6 Å². The molecule has 1 N–H and O–H groups in total. The minimum atomic E-state index is -0.495. The molecule has 2 aliphatic rings. The largest absolute Gasteiger partial charge is 0.454 e. The van der Waals surface area contributed by atoms with Crippen LogP contribution >= 0.6 is 11.8 Å². The lowest BCUT2D eigenvalue weighted by atomic mass is 10.2. The van der Waals surface area contributed by atoms with Crippen LogP contribution in [0.2, 0.25) is 0 Å². The molecule has 2 aromatic carbocycles. The number of imide groups is 1. The van der Waals surface area contributed by atoms with E-state index in [4.69, 9.17) is 9.47 Å². The summed E-state index contributed by atoms with van der Waals surface area (Å²) in [6, 6.07) is 14.1. The SMILES string of the molecule is O=C(CN1C(=O)S/C(=C/c2ccc3c(c2)OCO3)C1=O)Nc1ccccc1. The van der Waals surface area contributed by atoms with Crippen LogP contribution < -0.4 is 14.8 Å². The fourth-order valence-corrected chi connectivity index (χ4v) is 3.49. The van der Waals surface area contributed by atoms with Crippen LogP contribution in [0.15, 0.2) is 53.4 Å². The molecule has 1 saturated heterocycles. The maximum absolute atomic E-state index is 12.5. The average molecular weight is 382 g/mol. The maximum atomic E-state index is 12.5. The summed E-state index contributed by atoms with van der Waals surface area (Å²) in [4.78, 5) is 38.0. The van der Waals surface area contributed by atoms with Crippen molar-refractivity contribution in [3.05, 3.63) is 59.0 Å². The summed E-state index contributed by atoms with van der Waals surface area (Å²) < 4.78 is 10.6. The first-order valence-electron chi connectivity index (χ1n) is 8.10. The predicted molar refractivity (Wildman–Crippen MR) is 100 cm³/mol. The van der Waals surface area contributed by atoms with Gasteiger partial charge in [-0.2, -0.15) is 0 Å². The van der Waals surface area contributed by atoms with Crippen LogP contribution in [0.1, 0.15) is 5.56 Å². The number of fused-ring (bicyclic) bond motifs is 1. The lowest BCUT2D eigenvalue weighted by molar-refractivity contribution is -0.127. The first-order valence-corrected chi connectivity index (χ1v) is 8.92. The van der Waals surface area contributed by atoms with E-state index in [1.54, 1.807) is 48.5 Å². The van der Waals surface area contributed by atoms with E-state index in [0.29, 0.717) is 22.7 Å². The predicted octanol–water partition coefficient (Wildman–Crippen LogP) is 3.09. The second kappa shape index (κ2) is 7.16. The second-order valence-electron chi connectivity index (χ2n) is 5.79. The molecule has 0 atom stereocenters. The van der Waals surface area contributed by atoms with Crippen molar-refractivity contribution in [3.63, 3.8) is 0 Å². The highest BCUT2D eigenvalue weighted by molar-refractivity contribution is 8.18. The monoisotopic (exact) mass is 382 g/mol. The molecule has 7 nitrogen and oxygen atoms in total. The number of para-hydroxylation sites is 1. The zero-order valence-corrected chi connectivity index (χ0v) is 14.8. The molecule has 27 heavy (non-hydrogen) atoms. The van der Waals surface area contributed by atoms with E-state index in [0.717, 1.165) is 16.7 Å². The van der Waals surface area contributed by atoms with Gasteiger partial charge in [-0.3, -0.25) is 19.3 Å². The molecular weight excluding hydrogens is 368 g/mol. The fraction of sp³-hybridized carbons (Fsp3) is 0.105. The van der Waals surface area contributed by atoms with Crippen molar-refractivity contribution in [1.29, 1.82) is 0 Å². The zero-order valence-electron chi connectivity index (χ0n) is 14.0. The molecule has 1 fully saturated rings. The molecule has 8 heteroatoms. The van der Waals surface area contributed by atoms with Gasteiger partial charge in [-0.1, -0.05) is 24.3 Å². The molecule has 2 aromatic rings. The maximum Gasteiger partial charge on any atom is 0.294 e. The van der Waals surface area contributed by atoms with Gasteiger partial charge in [0, 0.05) is 5.69 Å². The summed E-state index contributed by atoms with van der Waals surface area (Å²) in [7, 11) is 0. The number of anilines is 1. The number of hydrogen-bond acceptors (Lipinski definition) is 6. The number of nitrogens with one attached hydrogen (secondary N) is 1. The summed E-state index contributed by atoms with van der Waals surface area (Å²) in [5.74, 6) is 0.293. The van der Waals surface area contributed by atoms with E-state index in [1.807, 2.05) is 6.07 Å². The first kappa shape index (κ1) is 17.2. The first-order chi connectivity index (χ1) is 13.1. The van der Waals surface area contributed by atoms with Gasteiger partial charge >= 0.3 is 0 Å². The van der Waals surface area contributed by atoms with E-state index in [-0.39, 0.29) is 18.2 Å². The second-order valence-corrected chi connectivity index (χ2v) is 6.79. The third kappa shape index (κ3) is 3.65. The van der Waals surface area contributed by atoms with Gasteiger partial charge in [-0.05, 0) is 47.7 Å². The lowest BCUT2D eigenvalue weighted by Crippen LogP contribution is -2.36. The van der Waals surface area contributed by atoms with Crippen LogP contribution in [0.4, 0.5) is 10.5 Å². The Bertz CT molecular complexity index is 958. The van der Waals surface area contributed by atoms with Crippen LogP contribution in [0, 0.1) is 0 Å². The minimum Gasteiger partial charge on any atom is -0.454 e. The lowest BCUT2D eigenvalue weighted by Gasteiger charge is -2.12. The molecule has 0 aromatic heterocycles. The van der Waals surface area contributed by atoms with Gasteiger partial charge in [0.1, 0.15) is 6.54 Å². The molecule has 0 radical (unpaired) electrons. The van der Waals surface area contributed by atoms with Crippen molar-refractivity contribution in [2.75, 3.05) is 18.7 Å². The van der Waals surface area contributed by atoms with Crippen LogP contribution in [0.5, 0.6) is 11.5 Å². The third-order valence-corrected chi connectivity index (χ3v) is 4.83. The van der Waals surface area contributed by atoms with Gasteiger partial charge in [-0.25, -0.2) is 0 Å². The van der Waals surface area contributed by atoms with Gasteiger partial charge in [0.2, 0.25) is 12.7 Å². The number of carbonyl (C=O) groups excluding carboxylic acids is 3. The van der Waals surface area contributed by atoms with Gasteiger partial charge in [0.25, 0.3) is 11.1 Å². The van der Waals surface area contributed by atoms with Crippen LogP contribution in [-0.4, -0.2) is 35.3 Å². The standard InChI is InChI=1S/C19H14N2O5S/c22-17(20-13-4-2-1-3-5-13)10-21-18(23)16(27-19(21)24)9-12-6-7-14-15(8-12)26-11-25-14/h1-9H,10-11H2,(H,20,22)/b16-9+. The highest BCUT2D eigenvalue weighted by Crippen LogP contribution is 2.36. The van der Waals surface area contributed by atoms with Crippen LogP contribution in [0.25, 0.3) is 6.08 Å². The van der Waals surface area contributed by atoms with Gasteiger partial charge in [0.05, 0.1) is 4.91 Å². The van der Waals surface area contributed by atoms with Gasteiger partial charge in [0.15, 0.2) is 11.5 Å². The molecule has 3 amide bonds. The fourth-order valence-electron chi connectivity index (χ4n) is 2.66. The highest BCUT2D eigenvalue weighted by atomic mass is 32.2.